The van der Waals surface area contributed by atoms with Crippen LogP contribution in [0.1, 0.15) is 25.1 Å². The summed E-state index contributed by atoms with van der Waals surface area (Å²) in [5, 5.41) is 3.48. The maximum atomic E-state index is 5.50. The number of nitrogens with one attached hydrogen (secondary N) is 1. The van der Waals surface area contributed by atoms with Crippen molar-refractivity contribution >= 4 is 5.69 Å². The van der Waals surface area contributed by atoms with Crippen molar-refractivity contribution in [2.24, 2.45) is 0 Å². The number of aromatic nitrogens is 1. The molecule has 0 aliphatic carbocycles. The standard InChI is InChI=1S/C16H22N2O/c1-4-18-10-6-7-14(18)12-17-16-9-8-15(19-5-2)11-13(16)3/h6-11,17H,4-5,12H2,1-3H3. The first-order valence-corrected chi connectivity index (χ1v) is 6.86. The van der Waals surface area contributed by atoms with Gasteiger partial charge in [-0.3, -0.25) is 0 Å². The van der Waals surface area contributed by atoms with Gasteiger partial charge in [0.1, 0.15) is 5.75 Å². The van der Waals surface area contributed by atoms with Gasteiger partial charge in [0, 0.05) is 24.1 Å². The molecule has 0 atom stereocenters. The number of aryl methyl sites for hydroxylation is 2. The molecular weight excluding hydrogens is 236 g/mol. The van der Waals surface area contributed by atoms with Crippen molar-refractivity contribution in [3.8, 4) is 5.75 Å². The van der Waals surface area contributed by atoms with E-state index in [-0.39, 0.29) is 0 Å². The first-order valence-electron chi connectivity index (χ1n) is 6.86. The molecule has 102 valence electrons. The zero-order valence-corrected chi connectivity index (χ0v) is 11.9. The molecule has 2 aromatic rings. The van der Waals surface area contributed by atoms with Crippen molar-refractivity contribution in [2.75, 3.05) is 11.9 Å². The highest BCUT2D eigenvalue weighted by molar-refractivity contribution is 5.53. The molecule has 0 radical (unpaired) electrons. The second-order valence-corrected chi connectivity index (χ2v) is 4.55. The highest BCUT2D eigenvalue weighted by atomic mass is 16.5. The molecule has 2 rings (SSSR count). The van der Waals surface area contributed by atoms with Gasteiger partial charge in [0.25, 0.3) is 0 Å². The number of hydrogen-bond donors (Lipinski definition) is 1. The van der Waals surface area contributed by atoms with Gasteiger partial charge in [0.2, 0.25) is 0 Å². The average molecular weight is 258 g/mol. The van der Waals surface area contributed by atoms with Crippen LogP contribution in [0.4, 0.5) is 5.69 Å². The topological polar surface area (TPSA) is 26.2 Å². The van der Waals surface area contributed by atoms with Gasteiger partial charge in [-0.05, 0) is 56.7 Å². The van der Waals surface area contributed by atoms with Crippen LogP contribution >= 0.6 is 0 Å². The van der Waals surface area contributed by atoms with Gasteiger partial charge in [-0.2, -0.15) is 0 Å². The Morgan fingerprint density at radius 3 is 2.74 bits per heavy atom. The average Bonchev–Trinajstić information content (AvgIpc) is 2.85. The molecule has 1 aromatic carbocycles. The Hall–Kier alpha value is -1.90. The molecule has 0 spiro atoms. The molecule has 1 heterocycles. The lowest BCUT2D eigenvalue weighted by atomic mass is 10.2. The normalized spacial score (nSPS) is 10.5. The molecule has 3 nitrogen and oxygen atoms in total. The third-order valence-corrected chi connectivity index (χ3v) is 3.23. The fourth-order valence-electron chi connectivity index (χ4n) is 2.20. The van der Waals surface area contributed by atoms with Crippen LogP contribution < -0.4 is 10.1 Å². The highest BCUT2D eigenvalue weighted by Crippen LogP contribution is 2.22. The largest absolute Gasteiger partial charge is 0.494 e. The molecule has 1 aromatic heterocycles. The van der Waals surface area contributed by atoms with Crippen LogP contribution in [0.2, 0.25) is 0 Å². The van der Waals surface area contributed by atoms with Crippen LogP contribution in [0.3, 0.4) is 0 Å². The lowest BCUT2D eigenvalue weighted by Gasteiger charge is -2.12. The number of anilines is 1. The summed E-state index contributed by atoms with van der Waals surface area (Å²) in [5.74, 6) is 0.933. The van der Waals surface area contributed by atoms with E-state index < -0.39 is 0 Å². The molecule has 0 aliphatic heterocycles. The van der Waals surface area contributed by atoms with E-state index in [0.29, 0.717) is 6.61 Å². The fraction of sp³-hybridized carbons (Fsp3) is 0.375. The van der Waals surface area contributed by atoms with E-state index in [1.54, 1.807) is 0 Å². The Morgan fingerprint density at radius 2 is 2.05 bits per heavy atom. The molecule has 0 fully saturated rings. The zero-order chi connectivity index (χ0) is 13.7. The molecule has 3 heteroatoms. The Morgan fingerprint density at radius 1 is 1.21 bits per heavy atom. The summed E-state index contributed by atoms with van der Waals surface area (Å²) in [6, 6.07) is 10.4. The molecule has 0 saturated heterocycles. The van der Waals surface area contributed by atoms with E-state index in [4.69, 9.17) is 4.74 Å². The van der Waals surface area contributed by atoms with Crippen molar-refractivity contribution < 1.29 is 4.74 Å². The van der Waals surface area contributed by atoms with Gasteiger partial charge in [-0.25, -0.2) is 0 Å². The van der Waals surface area contributed by atoms with Crippen LogP contribution in [0.25, 0.3) is 0 Å². The van der Waals surface area contributed by atoms with E-state index in [1.807, 2.05) is 13.0 Å². The van der Waals surface area contributed by atoms with Crippen molar-refractivity contribution in [3.63, 3.8) is 0 Å². The Balaban J connectivity index is 2.03. The number of rotatable bonds is 6. The van der Waals surface area contributed by atoms with Gasteiger partial charge in [-0.15, -0.1) is 0 Å². The van der Waals surface area contributed by atoms with Crippen molar-refractivity contribution in [3.05, 3.63) is 47.8 Å². The van der Waals surface area contributed by atoms with E-state index in [9.17, 15) is 0 Å². The summed E-state index contributed by atoms with van der Waals surface area (Å²) in [6.45, 7) is 8.81. The minimum Gasteiger partial charge on any atom is -0.494 e. The molecule has 0 amide bonds. The number of benzene rings is 1. The van der Waals surface area contributed by atoms with Crippen LogP contribution in [0.5, 0.6) is 5.75 Å². The van der Waals surface area contributed by atoms with Gasteiger partial charge >= 0.3 is 0 Å². The van der Waals surface area contributed by atoms with Gasteiger partial charge in [-0.1, -0.05) is 0 Å². The molecule has 19 heavy (non-hydrogen) atoms. The summed E-state index contributed by atoms with van der Waals surface area (Å²) in [4.78, 5) is 0. The molecular formula is C16H22N2O. The minimum absolute atomic E-state index is 0.705. The molecule has 0 saturated carbocycles. The first-order chi connectivity index (χ1) is 9.24. The van der Waals surface area contributed by atoms with Gasteiger partial charge < -0.3 is 14.6 Å². The maximum Gasteiger partial charge on any atom is 0.119 e. The molecule has 1 N–H and O–H groups in total. The second-order valence-electron chi connectivity index (χ2n) is 4.55. The summed E-state index contributed by atoms with van der Waals surface area (Å²) in [5.41, 5.74) is 3.67. The Kier molecular flexibility index (Phi) is 4.50. The predicted molar refractivity (Wildman–Crippen MR) is 79.8 cm³/mol. The van der Waals surface area contributed by atoms with Crippen LogP contribution in [0, 0.1) is 6.92 Å². The quantitative estimate of drug-likeness (QED) is 0.852. The van der Waals surface area contributed by atoms with Gasteiger partial charge in [0.15, 0.2) is 0 Å². The Bertz CT molecular complexity index is 531. The van der Waals surface area contributed by atoms with Crippen molar-refractivity contribution in [2.45, 2.75) is 33.9 Å². The predicted octanol–water partition coefficient (Wildman–Crippen LogP) is 3.83. The Labute approximate surface area is 115 Å². The molecule has 0 bridgehead atoms. The first kappa shape index (κ1) is 13.5. The molecule has 0 unspecified atom stereocenters. The molecule has 0 aliphatic rings. The highest BCUT2D eigenvalue weighted by Gasteiger charge is 2.02. The van der Waals surface area contributed by atoms with Crippen LogP contribution in [-0.2, 0) is 13.1 Å². The monoisotopic (exact) mass is 258 g/mol. The lowest BCUT2D eigenvalue weighted by molar-refractivity contribution is 0.340. The van der Waals surface area contributed by atoms with Crippen molar-refractivity contribution in [1.82, 2.24) is 4.57 Å². The number of ether oxygens (including phenoxy) is 1. The minimum atomic E-state index is 0.705. The zero-order valence-electron chi connectivity index (χ0n) is 11.9. The third kappa shape index (κ3) is 3.31. The van der Waals surface area contributed by atoms with E-state index >= 15 is 0 Å². The lowest BCUT2D eigenvalue weighted by Crippen LogP contribution is -2.06. The fourth-order valence-corrected chi connectivity index (χ4v) is 2.20. The third-order valence-electron chi connectivity index (χ3n) is 3.23. The van der Waals surface area contributed by atoms with Crippen LogP contribution in [-0.4, -0.2) is 11.2 Å². The van der Waals surface area contributed by atoms with Gasteiger partial charge in [0.05, 0.1) is 13.2 Å². The van der Waals surface area contributed by atoms with Crippen LogP contribution in [0.15, 0.2) is 36.5 Å². The smallest absolute Gasteiger partial charge is 0.119 e. The number of nitrogens with zero attached hydrogens (tertiary/aromatic N) is 1. The maximum absolute atomic E-state index is 5.50. The summed E-state index contributed by atoms with van der Waals surface area (Å²) < 4.78 is 7.74. The van der Waals surface area contributed by atoms with Crippen molar-refractivity contribution in [1.29, 1.82) is 0 Å². The summed E-state index contributed by atoms with van der Waals surface area (Å²) in [7, 11) is 0. The summed E-state index contributed by atoms with van der Waals surface area (Å²) in [6.07, 6.45) is 2.11. The number of hydrogen-bond acceptors (Lipinski definition) is 2. The SMILES string of the molecule is CCOc1ccc(NCc2cccn2CC)c(C)c1. The van der Waals surface area contributed by atoms with E-state index in [0.717, 1.165) is 24.5 Å². The second kappa shape index (κ2) is 6.32. The van der Waals surface area contributed by atoms with E-state index in [1.165, 1.54) is 11.3 Å². The van der Waals surface area contributed by atoms with E-state index in [2.05, 4.69) is 54.2 Å². The summed E-state index contributed by atoms with van der Waals surface area (Å²) >= 11 is 0.